The van der Waals surface area contributed by atoms with E-state index in [0.29, 0.717) is 5.92 Å². The number of aromatic nitrogens is 1. The van der Waals surface area contributed by atoms with Crippen LogP contribution in [0.4, 0.5) is 0 Å². The first kappa shape index (κ1) is 16.3. The second kappa shape index (κ2) is 6.78. The van der Waals surface area contributed by atoms with E-state index in [4.69, 9.17) is 9.72 Å². The summed E-state index contributed by atoms with van der Waals surface area (Å²) < 4.78 is 5.89. The van der Waals surface area contributed by atoms with Gasteiger partial charge in [-0.1, -0.05) is 34.6 Å². The van der Waals surface area contributed by atoms with Crippen LogP contribution in [0.25, 0.3) is 0 Å². The lowest BCUT2D eigenvalue weighted by Gasteiger charge is -2.20. The highest BCUT2D eigenvalue weighted by molar-refractivity contribution is 5.28. The van der Waals surface area contributed by atoms with Gasteiger partial charge in [-0.15, -0.1) is 0 Å². The Kier molecular flexibility index (Phi) is 5.26. The average molecular weight is 290 g/mol. The van der Waals surface area contributed by atoms with E-state index < -0.39 is 0 Å². The van der Waals surface area contributed by atoms with E-state index in [1.54, 1.807) is 0 Å². The molecule has 3 nitrogen and oxygen atoms in total. The molecule has 1 aromatic heterocycles. The van der Waals surface area contributed by atoms with Gasteiger partial charge in [0.15, 0.2) is 0 Å². The fraction of sp³-hybridized carbons (Fsp3) is 0.722. The fourth-order valence-corrected chi connectivity index (χ4v) is 2.11. The molecule has 118 valence electrons. The van der Waals surface area contributed by atoms with Gasteiger partial charge in [0, 0.05) is 18.0 Å². The quantitative estimate of drug-likeness (QED) is 0.826. The molecule has 2 rings (SSSR count). The van der Waals surface area contributed by atoms with Crippen molar-refractivity contribution in [2.24, 2.45) is 11.8 Å². The molecule has 1 saturated carbocycles. The van der Waals surface area contributed by atoms with E-state index in [1.165, 1.54) is 18.4 Å². The molecular formula is C18H30N2O. The van der Waals surface area contributed by atoms with Crippen molar-refractivity contribution in [2.75, 3.05) is 13.2 Å². The second-order valence-electron chi connectivity index (χ2n) is 7.73. The number of hydrogen-bond acceptors (Lipinski definition) is 3. The first-order chi connectivity index (χ1) is 9.84. The Morgan fingerprint density at radius 2 is 2.00 bits per heavy atom. The molecule has 3 heteroatoms. The van der Waals surface area contributed by atoms with Crippen molar-refractivity contribution in [3.63, 3.8) is 0 Å². The van der Waals surface area contributed by atoms with Crippen LogP contribution in [0.3, 0.4) is 0 Å². The molecule has 0 bridgehead atoms. The molecule has 0 spiro atoms. The minimum atomic E-state index is 0.0474. The van der Waals surface area contributed by atoms with Gasteiger partial charge in [0.25, 0.3) is 0 Å². The lowest BCUT2D eigenvalue weighted by atomic mass is 9.91. The number of pyridine rings is 1. The van der Waals surface area contributed by atoms with Gasteiger partial charge in [-0.05, 0) is 42.9 Å². The Hall–Kier alpha value is -1.09. The van der Waals surface area contributed by atoms with E-state index in [2.05, 4.69) is 52.1 Å². The Bertz CT molecular complexity index is 459. The van der Waals surface area contributed by atoms with Crippen molar-refractivity contribution >= 4 is 0 Å². The molecule has 0 amide bonds. The summed E-state index contributed by atoms with van der Waals surface area (Å²) in [4.78, 5) is 4.70. The topological polar surface area (TPSA) is 34.1 Å². The SMILES string of the molecule is CC(C)CNCc1cc(OCC2CC2)nc(C(C)(C)C)c1. The van der Waals surface area contributed by atoms with Crippen molar-refractivity contribution in [1.82, 2.24) is 10.3 Å². The van der Waals surface area contributed by atoms with Crippen LogP contribution in [0.15, 0.2) is 12.1 Å². The van der Waals surface area contributed by atoms with Gasteiger partial charge in [0.1, 0.15) is 0 Å². The summed E-state index contributed by atoms with van der Waals surface area (Å²) in [7, 11) is 0. The van der Waals surface area contributed by atoms with Crippen molar-refractivity contribution in [2.45, 2.75) is 59.4 Å². The zero-order valence-electron chi connectivity index (χ0n) is 14.2. The summed E-state index contributed by atoms with van der Waals surface area (Å²) in [6.07, 6.45) is 2.61. The number of rotatable bonds is 7. The summed E-state index contributed by atoms with van der Waals surface area (Å²) >= 11 is 0. The zero-order valence-corrected chi connectivity index (χ0v) is 14.2. The third-order valence-electron chi connectivity index (χ3n) is 3.68. The molecule has 0 aliphatic heterocycles. The molecule has 1 aliphatic rings. The minimum absolute atomic E-state index is 0.0474. The number of nitrogens with zero attached hydrogens (tertiary/aromatic N) is 1. The summed E-state index contributed by atoms with van der Waals surface area (Å²) in [5, 5.41) is 3.50. The van der Waals surface area contributed by atoms with Crippen molar-refractivity contribution in [1.29, 1.82) is 0 Å². The number of hydrogen-bond donors (Lipinski definition) is 1. The van der Waals surface area contributed by atoms with Crippen molar-refractivity contribution in [3.05, 3.63) is 23.4 Å². The normalized spacial score (nSPS) is 15.5. The standard InChI is InChI=1S/C18H30N2O/c1-13(2)10-19-11-15-8-16(18(3,4)5)20-17(9-15)21-12-14-6-7-14/h8-9,13-14,19H,6-7,10-12H2,1-5H3. The highest BCUT2D eigenvalue weighted by Gasteiger charge is 2.23. The molecule has 1 heterocycles. The molecular weight excluding hydrogens is 260 g/mol. The Balaban J connectivity index is 2.07. The zero-order chi connectivity index (χ0) is 15.5. The maximum atomic E-state index is 5.89. The van der Waals surface area contributed by atoms with Crippen LogP contribution in [-0.2, 0) is 12.0 Å². The first-order valence-electron chi connectivity index (χ1n) is 8.19. The lowest BCUT2D eigenvalue weighted by molar-refractivity contribution is 0.286. The van der Waals surface area contributed by atoms with Crippen LogP contribution in [-0.4, -0.2) is 18.1 Å². The summed E-state index contributed by atoms with van der Waals surface area (Å²) in [6, 6.07) is 4.29. The monoisotopic (exact) mass is 290 g/mol. The Morgan fingerprint density at radius 1 is 1.29 bits per heavy atom. The molecule has 0 unspecified atom stereocenters. The number of ether oxygens (including phenoxy) is 1. The Labute approximate surface area is 129 Å². The van der Waals surface area contributed by atoms with Crippen LogP contribution < -0.4 is 10.1 Å². The smallest absolute Gasteiger partial charge is 0.213 e. The van der Waals surface area contributed by atoms with Gasteiger partial charge in [-0.3, -0.25) is 0 Å². The third-order valence-corrected chi connectivity index (χ3v) is 3.68. The molecule has 1 aliphatic carbocycles. The third kappa shape index (κ3) is 5.66. The minimum Gasteiger partial charge on any atom is -0.477 e. The summed E-state index contributed by atoms with van der Waals surface area (Å²) in [5.41, 5.74) is 2.42. The molecule has 0 atom stereocenters. The molecule has 0 radical (unpaired) electrons. The highest BCUT2D eigenvalue weighted by Crippen LogP contribution is 2.30. The van der Waals surface area contributed by atoms with Gasteiger partial charge in [-0.25, -0.2) is 4.98 Å². The van der Waals surface area contributed by atoms with E-state index in [-0.39, 0.29) is 5.41 Å². The van der Waals surface area contributed by atoms with Gasteiger partial charge in [0.2, 0.25) is 5.88 Å². The van der Waals surface area contributed by atoms with Crippen LogP contribution in [0.2, 0.25) is 0 Å². The highest BCUT2D eigenvalue weighted by atomic mass is 16.5. The predicted molar refractivity (Wildman–Crippen MR) is 87.7 cm³/mol. The van der Waals surface area contributed by atoms with Gasteiger partial charge in [-0.2, -0.15) is 0 Å². The molecule has 1 fully saturated rings. The van der Waals surface area contributed by atoms with Crippen LogP contribution in [0, 0.1) is 11.8 Å². The average Bonchev–Trinajstić information content (AvgIpc) is 3.18. The van der Waals surface area contributed by atoms with Crippen molar-refractivity contribution < 1.29 is 4.74 Å². The fourth-order valence-electron chi connectivity index (χ4n) is 2.11. The Morgan fingerprint density at radius 3 is 2.57 bits per heavy atom. The molecule has 1 N–H and O–H groups in total. The van der Waals surface area contributed by atoms with E-state index in [0.717, 1.165) is 37.2 Å². The van der Waals surface area contributed by atoms with Gasteiger partial charge >= 0.3 is 0 Å². The van der Waals surface area contributed by atoms with E-state index >= 15 is 0 Å². The first-order valence-corrected chi connectivity index (χ1v) is 8.19. The molecule has 21 heavy (non-hydrogen) atoms. The largest absolute Gasteiger partial charge is 0.477 e. The van der Waals surface area contributed by atoms with E-state index in [9.17, 15) is 0 Å². The van der Waals surface area contributed by atoms with Crippen LogP contribution >= 0.6 is 0 Å². The van der Waals surface area contributed by atoms with Crippen LogP contribution in [0.1, 0.15) is 58.7 Å². The van der Waals surface area contributed by atoms with Crippen molar-refractivity contribution in [3.8, 4) is 5.88 Å². The molecule has 1 aromatic rings. The van der Waals surface area contributed by atoms with E-state index in [1.807, 2.05) is 0 Å². The number of nitrogens with one attached hydrogen (secondary N) is 1. The van der Waals surface area contributed by atoms with Gasteiger partial charge < -0.3 is 10.1 Å². The summed E-state index contributed by atoms with van der Waals surface area (Å²) in [5.74, 6) is 2.21. The second-order valence-corrected chi connectivity index (χ2v) is 7.73. The maximum Gasteiger partial charge on any atom is 0.213 e. The maximum absolute atomic E-state index is 5.89. The lowest BCUT2D eigenvalue weighted by Crippen LogP contribution is -2.20. The van der Waals surface area contributed by atoms with Crippen LogP contribution in [0.5, 0.6) is 5.88 Å². The predicted octanol–water partition coefficient (Wildman–Crippen LogP) is 3.91. The van der Waals surface area contributed by atoms with Gasteiger partial charge in [0.05, 0.1) is 12.3 Å². The summed E-state index contributed by atoms with van der Waals surface area (Å²) in [6.45, 7) is 13.8. The molecule has 0 aromatic carbocycles. The molecule has 0 saturated heterocycles.